The summed E-state index contributed by atoms with van der Waals surface area (Å²) in [4.78, 5) is 0.370. The van der Waals surface area contributed by atoms with Crippen molar-refractivity contribution in [3.05, 3.63) is 46.6 Å². The van der Waals surface area contributed by atoms with E-state index in [4.69, 9.17) is 18.0 Å². The van der Waals surface area contributed by atoms with Crippen LogP contribution in [0.3, 0.4) is 0 Å². The van der Waals surface area contributed by atoms with Crippen molar-refractivity contribution in [2.45, 2.75) is 26.8 Å². The van der Waals surface area contributed by atoms with Gasteiger partial charge < -0.3 is 11.1 Å². The largest absolute Gasteiger partial charge is 0.389 e. The summed E-state index contributed by atoms with van der Waals surface area (Å²) in [5, 5.41) is 7.86. The van der Waals surface area contributed by atoms with E-state index in [1.54, 1.807) is 4.68 Å². The van der Waals surface area contributed by atoms with Crippen molar-refractivity contribution in [1.82, 2.24) is 9.78 Å². The third kappa shape index (κ3) is 2.67. The third-order valence-corrected chi connectivity index (χ3v) is 3.68. The Hall–Kier alpha value is -1.88. The van der Waals surface area contributed by atoms with E-state index in [1.165, 1.54) is 11.1 Å². The van der Waals surface area contributed by atoms with Gasteiger partial charge in [-0.05, 0) is 31.9 Å². The molecule has 2 rings (SSSR count). The standard InChI is InChI=1S/C15H20N4S/c1-9-7-5-6-8-12(9)10(2)17-15-13(14(16)20)11(3)18-19(15)4/h5-8,10,17H,1-4H3,(H2,16,20). The van der Waals surface area contributed by atoms with Crippen LogP contribution in [-0.4, -0.2) is 14.8 Å². The van der Waals surface area contributed by atoms with Crippen LogP contribution >= 0.6 is 12.2 Å². The number of hydrogen-bond acceptors (Lipinski definition) is 3. The van der Waals surface area contributed by atoms with Crippen LogP contribution in [0.4, 0.5) is 5.82 Å². The molecule has 0 saturated heterocycles. The molecule has 0 spiro atoms. The van der Waals surface area contributed by atoms with Crippen LogP contribution < -0.4 is 11.1 Å². The van der Waals surface area contributed by atoms with Crippen molar-refractivity contribution in [1.29, 1.82) is 0 Å². The van der Waals surface area contributed by atoms with E-state index >= 15 is 0 Å². The van der Waals surface area contributed by atoms with Crippen molar-refractivity contribution in [3.8, 4) is 0 Å². The van der Waals surface area contributed by atoms with E-state index in [1.807, 2.05) is 26.1 Å². The number of aryl methyl sites for hydroxylation is 3. The van der Waals surface area contributed by atoms with Crippen molar-refractivity contribution in [3.63, 3.8) is 0 Å². The van der Waals surface area contributed by atoms with Gasteiger partial charge in [0.05, 0.1) is 17.3 Å². The van der Waals surface area contributed by atoms with E-state index in [0.717, 1.165) is 17.1 Å². The van der Waals surface area contributed by atoms with Gasteiger partial charge in [0.25, 0.3) is 0 Å². The lowest BCUT2D eigenvalue weighted by Gasteiger charge is -2.18. The zero-order chi connectivity index (χ0) is 14.9. The predicted molar refractivity (Wildman–Crippen MR) is 87.0 cm³/mol. The first-order chi connectivity index (χ1) is 9.41. The number of nitrogens with one attached hydrogen (secondary N) is 1. The molecule has 106 valence electrons. The molecule has 5 heteroatoms. The number of anilines is 1. The highest BCUT2D eigenvalue weighted by Gasteiger charge is 2.18. The molecule has 1 heterocycles. The minimum atomic E-state index is 0.152. The molecule has 20 heavy (non-hydrogen) atoms. The minimum absolute atomic E-state index is 0.152. The molecule has 0 aliphatic heterocycles. The van der Waals surface area contributed by atoms with Crippen molar-refractivity contribution in [2.24, 2.45) is 12.8 Å². The molecule has 2 aromatic rings. The Kier molecular flexibility index (Phi) is 4.09. The van der Waals surface area contributed by atoms with Gasteiger partial charge in [-0.15, -0.1) is 0 Å². The van der Waals surface area contributed by atoms with Crippen LogP contribution in [0.25, 0.3) is 0 Å². The minimum Gasteiger partial charge on any atom is -0.389 e. The number of benzene rings is 1. The van der Waals surface area contributed by atoms with Crippen LogP contribution in [-0.2, 0) is 7.05 Å². The summed E-state index contributed by atoms with van der Waals surface area (Å²) >= 11 is 5.13. The molecule has 0 saturated carbocycles. The predicted octanol–water partition coefficient (Wildman–Crippen LogP) is 2.84. The fourth-order valence-corrected chi connectivity index (χ4v) is 2.72. The van der Waals surface area contributed by atoms with Crippen LogP contribution in [0.5, 0.6) is 0 Å². The van der Waals surface area contributed by atoms with Crippen molar-refractivity contribution >= 4 is 23.0 Å². The third-order valence-electron chi connectivity index (χ3n) is 3.48. The number of aromatic nitrogens is 2. The molecule has 0 bridgehead atoms. The van der Waals surface area contributed by atoms with Crippen molar-refractivity contribution in [2.75, 3.05) is 5.32 Å². The van der Waals surface area contributed by atoms with E-state index in [-0.39, 0.29) is 6.04 Å². The maximum absolute atomic E-state index is 5.81. The summed E-state index contributed by atoms with van der Waals surface area (Å²) in [7, 11) is 1.89. The fraction of sp³-hybridized carbons (Fsp3) is 0.333. The van der Waals surface area contributed by atoms with Gasteiger partial charge in [-0.2, -0.15) is 5.10 Å². The number of thiocarbonyl (C=S) groups is 1. The van der Waals surface area contributed by atoms with Crippen LogP contribution in [0.2, 0.25) is 0 Å². The molecular formula is C15H20N4S. The quantitative estimate of drug-likeness (QED) is 0.849. The summed E-state index contributed by atoms with van der Waals surface area (Å²) in [6.07, 6.45) is 0. The van der Waals surface area contributed by atoms with Gasteiger partial charge in [0.15, 0.2) is 0 Å². The highest BCUT2D eigenvalue weighted by Crippen LogP contribution is 2.25. The number of nitrogens with zero attached hydrogens (tertiary/aromatic N) is 2. The zero-order valence-corrected chi connectivity index (χ0v) is 13.1. The molecule has 3 N–H and O–H groups in total. The molecule has 0 aliphatic carbocycles. The zero-order valence-electron chi connectivity index (χ0n) is 12.3. The average Bonchev–Trinajstić information content (AvgIpc) is 2.64. The Morgan fingerprint density at radius 2 is 2.00 bits per heavy atom. The van der Waals surface area contributed by atoms with Gasteiger partial charge in [0.2, 0.25) is 0 Å². The summed E-state index contributed by atoms with van der Waals surface area (Å²) < 4.78 is 1.79. The second-order valence-electron chi connectivity index (χ2n) is 5.02. The molecule has 4 nitrogen and oxygen atoms in total. The SMILES string of the molecule is Cc1ccccc1C(C)Nc1c(C(N)=S)c(C)nn1C. The first-order valence-electron chi connectivity index (χ1n) is 6.57. The Bertz CT molecular complexity index is 645. The summed E-state index contributed by atoms with van der Waals surface area (Å²) in [6.45, 7) is 6.14. The normalized spacial score (nSPS) is 12.2. The van der Waals surface area contributed by atoms with Gasteiger partial charge in [-0.3, -0.25) is 4.68 Å². The Labute approximate surface area is 125 Å². The topological polar surface area (TPSA) is 55.9 Å². The second-order valence-corrected chi connectivity index (χ2v) is 5.46. The monoisotopic (exact) mass is 288 g/mol. The van der Waals surface area contributed by atoms with Crippen LogP contribution in [0.1, 0.15) is 35.3 Å². The lowest BCUT2D eigenvalue weighted by Crippen LogP contribution is -2.17. The first kappa shape index (κ1) is 14.5. The molecular weight excluding hydrogens is 268 g/mol. The molecule has 1 aromatic heterocycles. The summed E-state index contributed by atoms with van der Waals surface area (Å²) in [5.41, 5.74) is 9.98. The van der Waals surface area contributed by atoms with Gasteiger partial charge in [0.1, 0.15) is 10.8 Å². The number of hydrogen-bond donors (Lipinski definition) is 2. The number of nitrogens with two attached hydrogens (primary N) is 1. The smallest absolute Gasteiger partial charge is 0.135 e. The molecule has 1 unspecified atom stereocenters. The average molecular weight is 288 g/mol. The highest BCUT2D eigenvalue weighted by atomic mass is 32.1. The lowest BCUT2D eigenvalue weighted by molar-refractivity contribution is 0.741. The molecule has 0 amide bonds. The Morgan fingerprint density at radius 3 is 2.60 bits per heavy atom. The van der Waals surface area contributed by atoms with E-state index in [2.05, 4.69) is 36.4 Å². The maximum Gasteiger partial charge on any atom is 0.135 e. The highest BCUT2D eigenvalue weighted by molar-refractivity contribution is 7.80. The van der Waals surface area contributed by atoms with E-state index in [0.29, 0.717) is 4.99 Å². The molecule has 0 fully saturated rings. The van der Waals surface area contributed by atoms with Gasteiger partial charge >= 0.3 is 0 Å². The Balaban J connectivity index is 2.36. The van der Waals surface area contributed by atoms with Crippen LogP contribution in [0.15, 0.2) is 24.3 Å². The second kappa shape index (κ2) is 5.63. The lowest BCUT2D eigenvalue weighted by atomic mass is 10.0. The number of rotatable bonds is 4. The molecule has 0 radical (unpaired) electrons. The first-order valence-corrected chi connectivity index (χ1v) is 6.98. The molecule has 1 atom stereocenters. The maximum atomic E-state index is 5.81. The van der Waals surface area contributed by atoms with Crippen LogP contribution in [0, 0.1) is 13.8 Å². The Morgan fingerprint density at radius 1 is 1.35 bits per heavy atom. The molecule has 1 aromatic carbocycles. The summed E-state index contributed by atoms with van der Waals surface area (Å²) in [5.74, 6) is 0.866. The van der Waals surface area contributed by atoms with Gasteiger partial charge in [0, 0.05) is 7.05 Å². The van der Waals surface area contributed by atoms with Crippen molar-refractivity contribution < 1.29 is 0 Å². The van der Waals surface area contributed by atoms with Gasteiger partial charge in [-0.25, -0.2) is 0 Å². The summed E-state index contributed by atoms with van der Waals surface area (Å²) in [6, 6.07) is 8.47. The molecule has 0 aliphatic rings. The van der Waals surface area contributed by atoms with Gasteiger partial charge in [-0.1, -0.05) is 36.5 Å². The fourth-order valence-electron chi connectivity index (χ4n) is 2.47. The van der Waals surface area contributed by atoms with E-state index in [9.17, 15) is 0 Å². The van der Waals surface area contributed by atoms with E-state index < -0.39 is 0 Å².